The molecule has 1 heterocycles. The molecule has 19 heavy (non-hydrogen) atoms. The number of aliphatic carboxylic acids is 1. The van der Waals surface area contributed by atoms with Gasteiger partial charge in [0.2, 0.25) is 0 Å². The van der Waals surface area contributed by atoms with Crippen LogP contribution in [0.5, 0.6) is 0 Å². The van der Waals surface area contributed by atoms with Crippen molar-refractivity contribution < 1.29 is 19.1 Å². The van der Waals surface area contributed by atoms with Gasteiger partial charge in [-0.15, -0.1) is 0 Å². The summed E-state index contributed by atoms with van der Waals surface area (Å²) in [5, 5.41) is 14.5. The van der Waals surface area contributed by atoms with Crippen molar-refractivity contribution in [1.82, 2.24) is 10.6 Å². The number of rotatable bonds is 4. The molecule has 3 N–H and O–H groups in total. The summed E-state index contributed by atoms with van der Waals surface area (Å²) < 4.78 is 5.10. The third-order valence-electron chi connectivity index (χ3n) is 3.36. The van der Waals surface area contributed by atoms with E-state index in [0.717, 1.165) is 12.8 Å². The predicted molar refractivity (Wildman–Crippen MR) is 67.5 cm³/mol. The van der Waals surface area contributed by atoms with Crippen LogP contribution in [0.25, 0.3) is 0 Å². The van der Waals surface area contributed by atoms with Gasteiger partial charge in [-0.1, -0.05) is 6.42 Å². The van der Waals surface area contributed by atoms with Crippen molar-refractivity contribution in [3.05, 3.63) is 24.2 Å². The van der Waals surface area contributed by atoms with E-state index in [1.807, 2.05) is 0 Å². The van der Waals surface area contributed by atoms with Gasteiger partial charge in [-0.3, -0.25) is 4.79 Å². The van der Waals surface area contributed by atoms with Crippen LogP contribution in [0.1, 0.15) is 31.4 Å². The van der Waals surface area contributed by atoms with Gasteiger partial charge in [-0.2, -0.15) is 0 Å². The fraction of sp³-hybridized carbons (Fsp3) is 0.538. The lowest BCUT2D eigenvalue weighted by atomic mass is 9.86. The highest BCUT2D eigenvalue weighted by Gasteiger charge is 2.27. The highest BCUT2D eigenvalue weighted by Crippen LogP contribution is 2.24. The van der Waals surface area contributed by atoms with E-state index in [-0.39, 0.29) is 18.0 Å². The molecule has 2 amide bonds. The molecule has 1 aliphatic carbocycles. The predicted octanol–water partition coefficient (Wildman–Crippen LogP) is 1.72. The molecule has 2 unspecified atom stereocenters. The van der Waals surface area contributed by atoms with Crippen molar-refractivity contribution in [3.8, 4) is 0 Å². The highest BCUT2D eigenvalue weighted by molar-refractivity contribution is 5.74. The minimum Gasteiger partial charge on any atom is -0.481 e. The van der Waals surface area contributed by atoms with Gasteiger partial charge in [0.25, 0.3) is 0 Å². The first kappa shape index (κ1) is 13.5. The smallest absolute Gasteiger partial charge is 0.315 e. The van der Waals surface area contributed by atoms with E-state index in [1.165, 1.54) is 0 Å². The average molecular weight is 266 g/mol. The number of carbonyl (C=O) groups excluding carboxylic acids is 1. The molecule has 6 nitrogen and oxygen atoms in total. The molecule has 0 spiro atoms. The van der Waals surface area contributed by atoms with Crippen LogP contribution in [0.15, 0.2) is 22.8 Å². The van der Waals surface area contributed by atoms with E-state index in [1.54, 1.807) is 18.4 Å². The van der Waals surface area contributed by atoms with Crippen molar-refractivity contribution in [3.63, 3.8) is 0 Å². The van der Waals surface area contributed by atoms with Crippen LogP contribution in [0.4, 0.5) is 4.79 Å². The molecule has 0 bridgehead atoms. The first-order valence-corrected chi connectivity index (χ1v) is 6.44. The zero-order valence-corrected chi connectivity index (χ0v) is 10.6. The van der Waals surface area contributed by atoms with Crippen LogP contribution in [0.2, 0.25) is 0 Å². The molecule has 1 saturated carbocycles. The quantitative estimate of drug-likeness (QED) is 0.773. The average Bonchev–Trinajstić information content (AvgIpc) is 2.90. The molecule has 1 fully saturated rings. The van der Waals surface area contributed by atoms with Crippen LogP contribution in [0, 0.1) is 5.92 Å². The first-order valence-electron chi connectivity index (χ1n) is 6.44. The minimum absolute atomic E-state index is 0.0635. The van der Waals surface area contributed by atoms with Gasteiger partial charge in [-0.05, 0) is 31.4 Å². The van der Waals surface area contributed by atoms with Gasteiger partial charge in [-0.25, -0.2) is 4.79 Å². The fourth-order valence-corrected chi connectivity index (χ4v) is 2.36. The summed E-state index contributed by atoms with van der Waals surface area (Å²) in [7, 11) is 0. The van der Waals surface area contributed by atoms with Crippen molar-refractivity contribution >= 4 is 12.0 Å². The molecule has 1 aromatic rings. The Balaban J connectivity index is 1.74. The zero-order valence-electron chi connectivity index (χ0n) is 10.6. The molecule has 0 saturated heterocycles. The maximum absolute atomic E-state index is 11.7. The van der Waals surface area contributed by atoms with Gasteiger partial charge in [0.05, 0.1) is 18.7 Å². The summed E-state index contributed by atoms with van der Waals surface area (Å²) in [4.78, 5) is 22.6. The zero-order chi connectivity index (χ0) is 13.7. The molecule has 6 heteroatoms. The molecule has 2 rings (SSSR count). The van der Waals surface area contributed by atoms with Crippen LogP contribution >= 0.6 is 0 Å². The van der Waals surface area contributed by atoms with Gasteiger partial charge in [0, 0.05) is 6.04 Å². The molecule has 2 atom stereocenters. The summed E-state index contributed by atoms with van der Waals surface area (Å²) in [5.74, 6) is -0.436. The largest absolute Gasteiger partial charge is 0.481 e. The van der Waals surface area contributed by atoms with Gasteiger partial charge >= 0.3 is 12.0 Å². The van der Waals surface area contributed by atoms with E-state index in [0.29, 0.717) is 25.1 Å². The number of hydrogen-bond donors (Lipinski definition) is 3. The van der Waals surface area contributed by atoms with Crippen LogP contribution in [0.3, 0.4) is 0 Å². The van der Waals surface area contributed by atoms with E-state index in [2.05, 4.69) is 10.6 Å². The molecule has 104 valence electrons. The van der Waals surface area contributed by atoms with E-state index < -0.39 is 5.97 Å². The Kier molecular flexibility index (Phi) is 4.43. The van der Waals surface area contributed by atoms with Crippen LogP contribution in [-0.2, 0) is 11.3 Å². The number of nitrogens with one attached hydrogen (secondary N) is 2. The van der Waals surface area contributed by atoms with Crippen molar-refractivity contribution in [2.24, 2.45) is 5.92 Å². The monoisotopic (exact) mass is 266 g/mol. The van der Waals surface area contributed by atoms with Crippen LogP contribution < -0.4 is 10.6 Å². The van der Waals surface area contributed by atoms with Crippen molar-refractivity contribution in [1.29, 1.82) is 0 Å². The third-order valence-corrected chi connectivity index (χ3v) is 3.36. The summed E-state index contributed by atoms with van der Waals surface area (Å²) in [6, 6.07) is 3.19. The molecule has 0 aliphatic heterocycles. The second kappa shape index (κ2) is 6.26. The Hall–Kier alpha value is -1.98. The van der Waals surface area contributed by atoms with Gasteiger partial charge in [0.1, 0.15) is 5.76 Å². The minimum atomic E-state index is -0.775. The fourth-order valence-electron chi connectivity index (χ4n) is 2.36. The van der Waals surface area contributed by atoms with Crippen molar-refractivity contribution in [2.75, 3.05) is 0 Å². The van der Waals surface area contributed by atoms with Gasteiger partial charge in [0.15, 0.2) is 0 Å². The number of amides is 2. The summed E-state index contributed by atoms with van der Waals surface area (Å²) >= 11 is 0. The lowest BCUT2D eigenvalue weighted by Gasteiger charge is -2.27. The summed E-state index contributed by atoms with van der Waals surface area (Å²) in [5.41, 5.74) is 0. The second-order valence-corrected chi connectivity index (χ2v) is 4.81. The maximum atomic E-state index is 11.7. The summed E-state index contributed by atoms with van der Waals surface area (Å²) in [6.07, 6.45) is 4.41. The van der Waals surface area contributed by atoms with E-state index in [9.17, 15) is 9.59 Å². The Labute approximate surface area is 111 Å². The Morgan fingerprint density at radius 3 is 2.95 bits per heavy atom. The molecular formula is C13H18N2O4. The molecule has 1 aromatic heterocycles. The third kappa shape index (κ3) is 4.01. The lowest BCUT2D eigenvalue weighted by Crippen LogP contribution is -2.44. The highest BCUT2D eigenvalue weighted by atomic mass is 16.4. The number of urea groups is 1. The van der Waals surface area contributed by atoms with Crippen LogP contribution in [-0.4, -0.2) is 23.1 Å². The Morgan fingerprint density at radius 2 is 2.26 bits per heavy atom. The SMILES string of the molecule is O=C(NCc1ccco1)NC1CCCC(C(=O)O)C1. The molecule has 1 aliphatic rings. The van der Waals surface area contributed by atoms with E-state index >= 15 is 0 Å². The Morgan fingerprint density at radius 1 is 1.42 bits per heavy atom. The molecular weight excluding hydrogens is 248 g/mol. The molecule has 0 aromatic carbocycles. The van der Waals surface area contributed by atoms with Crippen molar-refractivity contribution in [2.45, 2.75) is 38.3 Å². The topological polar surface area (TPSA) is 91.6 Å². The number of hydrogen-bond acceptors (Lipinski definition) is 3. The van der Waals surface area contributed by atoms with Gasteiger partial charge < -0.3 is 20.2 Å². The normalized spacial score (nSPS) is 22.7. The van der Waals surface area contributed by atoms with E-state index in [4.69, 9.17) is 9.52 Å². The second-order valence-electron chi connectivity index (χ2n) is 4.81. The number of carboxylic acid groups (broad SMARTS) is 1. The number of carboxylic acids is 1. The Bertz CT molecular complexity index is 430. The maximum Gasteiger partial charge on any atom is 0.315 e. The number of furan rings is 1. The first-order chi connectivity index (χ1) is 9.15. The summed E-state index contributed by atoms with van der Waals surface area (Å²) in [6.45, 7) is 0.327. The lowest BCUT2D eigenvalue weighted by molar-refractivity contribution is -0.143. The molecule has 0 radical (unpaired) electrons. The number of carbonyl (C=O) groups is 2. The standard InChI is InChI=1S/C13H18N2O4/c16-12(17)9-3-1-4-10(7-9)15-13(18)14-8-11-5-2-6-19-11/h2,5-6,9-10H,1,3-4,7-8H2,(H,16,17)(H2,14,15,18).